The minimum absolute atomic E-state index is 0.148. The van der Waals surface area contributed by atoms with Gasteiger partial charge in [0.25, 0.3) is 5.91 Å². The third kappa shape index (κ3) is 3.00. The summed E-state index contributed by atoms with van der Waals surface area (Å²) in [6.45, 7) is 1.85. The maximum absolute atomic E-state index is 12.1. The van der Waals surface area contributed by atoms with Gasteiger partial charge in [0, 0.05) is 23.0 Å². The number of hydrogen-bond donors (Lipinski definition) is 2. The molecule has 0 fully saturated rings. The lowest BCUT2D eigenvalue weighted by Gasteiger charge is -2.09. The maximum Gasteiger partial charge on any atom is 0.272 e. The number of halogens is 1. The van der Waals surface area contributed by atoms with Gasteiger partial charge in [0.2, 0.25) is 5.43 Å². The second-order valence-corrected chi connectivity index (χ2v) is 4.63. The fourth-order valence-electron chi connectivity index (χ4n) is 1.67. The quantitative estimate of drug-likeness (QED) is 0.913. The molecule has 1 aromatic carbocycles. The summed E-state index contributed by atoms with van der Waals surface area (Å²) in [7, 11) is 1.39. The van der Waals surface area contributed by atoms with E-state index >= 15 is 0 Å². The molecule has 0 atom stereocenters. The molecule has 1 aromatic heterocycles. The van der Waals surface area contributed by atoms with Crippen molar-refractivity contribution < 1.29 is 9.53 Å². The van der Waals surface area contributed by atoms with Crippen molar-refractivity contribution in [3.63, 3.8) is 0 Å². The maximum atomic E-state index is 12.1. The number of benzene rings is 1. The minimum atomic E-state index is -0.421. The lowest BCUT2D eigenvalue weighted by molar-refractivity contribution is 0.102. The molecule has 2 rings (SSSR count). The highest BCUT2D eigenvalue weighted by atomic mass is 35.5. The van der Waals surface area contributed by atoms with Crippen LogP contribution >= 0.6 is 11.6 Å². The van der Waals surface area contributed by atoms with E-state index < -0.39 is 5.91 Å². The van der Waals surface area contributed by atoms with Crippen molar-refractivity contribution in [2.45, 2.75) is 6.92 Å². The topological polar surface area (TPSA) is 71.2 Å². The fourth-order valence-corrected chi connectivity index (χ4v) is 1.84. The Labute approximate surface area is 120 Å². The Morgan fingerprint density at radius 2 is 2.10 bits per heavy atom. The molecular weight excluding hydrogens is 280 g/mol. The first-order chi connectivity index (χ1) is 9.51. The zero-order chi connectivity index (χ0) is 14.7. The lowest BCUT2D eigenvalue weighted by Crippen LogP contribution is -2.17. The number of aryl methyl sites for hydroxylation is 1. The summed E-state index contributed by atoms with van der Waals surface area (Å²) in [5.41, 5.74) is 1.26. The predicted molar refractivity (Wildman–Crippen MR) is 77.8 cm³/mol. The molecule has 5 nitrogen and oxygen atoms in total. The third-order valence-electron chi connectivity index (χ3n) is 2.79. The normalized spacial score (nSPS) is 10.2. The number of H-pyrrole nitrogens is 1. The van der Waals surface area contributed by atoms with Gasteiger partial charge in [-0.1, -0.05) is 17.7 Å². The Morgan fingerprint density at radius 1 is 1.35 bits per heavy atom. The Morgan fingerprint density at radius 3 is 2.75 bits per heavy atom. The van der Waals surface area contributed by atoms with Gasteiger partial charge in [-0.2, -0.15) is 0 Å². The van der Waals surface area contributed by atoms with Crippen molar-refractivity contribution in [2.24, 2.45) is 0 Å². The molecule has 2 aromatic rings. The number of amides is 1. The van der Waals surface area contributed by atoms with Gasteiger partial charge in [0.05, 0.1) is 7.11 Å². The number of pyridine rings is 1. The van der Waals surface area contributed by atoms with Gasteiger partial charge < -0.3 is 15.0 Å². The molecule has 6 heteroatoms. The monoisotopic (exact) mass is 292 g/mol. The smallest absolute Gasteiger partial charge is 0.272 e. The van der Waals surface area contributed by atoms with Gasteiger partial charge in [-0.15, -0.1) is 0 Å². The summed E-state index contributed by atoms with van der Waals surface area (Å²) in [5.74, 6) is -0.268. The highest BCUT2D eigenvalue weighted by molar-refractivity contribution is 6.31. The average molecular weight is 293 g/mol. The number of anilines is 1. The van der Waals surface area contributed by atoms with Gasteiger partial charge in [-0.05, 0) is 24.6 Å². The standard InChI is InChI=1S/C14H13ClN2O3/c1-8-3-4-9(15)5-10(8)17-14(19)11-6-12(18)13(20-2)7-16-11/h3-7H,1-2H3,(H,16,18)(H,17,19). The van der Waals surface area contributed by atoms with Crippen LogP contribution in [0.5, 0.6) is 5.75 Å². The van der Waals surface area contributed by atoms with Crippen molar-refractivity contribution in [1.82, 2.24) is 4.98 Å². The van der Waals surface area contributed by atoms with Gasteiger partial charge in [0.15, 0.2) is 5.75 Å². The number of aromatic nitrogens is 1. The van der Waals surface area contributed by atoms with E-state index in [0.717, 1.165) is 5.56 Å². The second-order valence-electron chi connectivity index (χ2n) is 4.19. The molecule has 2 N–H and O–H groups in total. The van der Waals surface area contributed by atoms with Crippen LogP contribution in [0.1, 0.15) is 16.1 Å². The van der Waals surface area contributed by atoms with E-state index in [1.54, 1.807) is 18.2 Å². The van der Waals surface area contributed by atoms with Gasteiger partial charge in [-0.25, -0.2) is 0 Å². The first kappa shape index (κ1) is 14.1. The largest absolute Gasteiger partial charge is 0.491 e. The van der Waals surface area contributed by atoms with Crippen LogP contribution in [-0.4, -0.2) is 18.0 Å². The van der Waals surface area contributed by atoms with Crippen molar-refractivity contribution >= 4 is 23.2 Å². The van der Waals surface area contributed by atoms with Crippen LogP contribution < -0.4 is 15.5 Å². The molecular formula is C14H13ClN2O3. The number of ether oxygens (including phenoxy) is 1. The average Bonchev–Trinajstić information content (AvgIpc) is 2.42. The van der Waals surface area contributed by atoms with Crippen LogP contribution in [0.3, 0.4) is 0 Å². The summed E-state index contributed by atoms with van der Waals surface area (Å²) in [6.07, 6.45) is 1.35. The molecule has 0 unspecified atom stereocenters. The summed E-state index contributed by atoms with van der Waals surface area (Å²) < 4.78 is 4.84. The zero-order valence-corrected chi connectivity index (χ0v) is 11.7. The van der Waals surface area contributed by atoms with E-state index in [0.29, 0.717) is 10.7 Å². The lowest BCUT2D eigenvalue weighted by atomic mass is 10.2. The van der Waals surface area contributed by atoms with Gasteiger partial charge >= 0.3 is 0 Å². The van der Waals surface area contributed by atoms with Crippen molar-refractivity contribution in [3.8, 4) is 5.75 Å². The van der Waals surface area contributed by atoms with Crippen LogP contribution in [0.2, 0.25) is 5.02 Å². The van der Waals surface area contributed by atoms with E-state index in [1.165, 1.54) is 19.4 Å². The van der Waals surface area contributed by atoms with Gasteiger partial charge in [0.1, 0.15) is 5.69 Å². The number of aromatic amines is 1. The molecule has 104 valence electrons. The number of rotatable bonds is 3. The zero-order valence-electron chi connectivity index (χ0n) is 11.0. The van der Waals surface area contributed by atoms with Crippen molar-refractivity contribution in [1.29, 1.82) is 0 Å². The molecule has 1 amide bonds. The molecule has 1 heterocycles. The molecule has 0 bridgehead atoms. The Balaban J connectivity index is 2.26. The molecule has 0 aliphatic heterocycles. The van der Waals surface area contributed by atoms with Crippen LogP contribution in [0.15, 0.2) is 35.3 Å². The predicted octanol–water partition coefficient (Wildman–Crippen LogP) is 2.60. The second kappa shape index (κ2) is 5.79. The van der Waals surface area contributed by atoms with E-state index in [4.69, 9.17) is 16.3 Å². The van der Waals surface area contributed by atoms with Crippen LogP contribution in [0.4, 0.5) is 5.69 Å². The van der Waals surface area contributed by atoms with Crippen LogP contribution in [0, 0.1) is 6.92 Å². The first-order valence-electron chi connectivity index (χ1n) is 5.85. The van der Waals surface area contributed by atoms with Crippen LogP contribution in [-0.2, 0) is 0 Å². The first-order valence-corrected chi connectivity index (χ1v) is 6.23. The summed E-state index contributed by atoms with van der Waals surface area (Å²) in [5, 5.41) is 3.22. The van der Waals surface area contributed by atoms with E-state index in [2.05, 4.69) is 10.3 Å². The third-order valence-corrected chi connectivity index (χ3v) is 3.02. The number of carbonyl (C=O) groups is 1. The number of carbonyl (C=O) groups excluding carboxylic acids is 1. The summed E-state index contributed by atoms with van der Waals surface area (Å²) >= 11 is 5.89. The molecule has 0 aliphatic carbocycles. The highest BCUT2D eigenvalue weighted by Crippen LogP contribution is 2.20. The SMILES string of the molecule is COc1c[nH]c(C(=O)Nc2cc(Cl)ccc2C)cc1=O. The molecule has 20 heavy (non-hydrogen) atoms. The summed E-state index contributed by atoms with van der Waals surface area (Å²) in [6, 6.07) is 6.38. The summed E-state index contributed by atoms with van der Waals surface area (Å²) in [4.78, 5) is 26.4. The Bertz CT molecular complexity index is 710. The molecule has 0 aliphatic rings. The van der Waals surface area contributed by atoms with E-state index in [9.17, 15) is 9.59 Å². The van der Waals surface area contributed by atoms with E-state index in [-0.39, 0.29) is 16.9 Å². The van der Waals surface area contributed by atoms with Crippen molar-refractivity contribution in [2.75, 3.05) is 12.4 Å². The van der Waals surface area contributed by atoms with E-state index in [1.807, 2.05) is 6.92 Å². The van der Waals surface area contributed by atoms with Crippen molar-refractivity contribution in [3.05, 3.63) is 57.0 Å². The number of hydrogen-bond acceptors (Lipinski definition) is 3. The number of methoxy groups -OCH3 is 1. The molecule has 0 saturated carbocycles. The van der Waals surface area contributed by atoms with Crippen LogP contribution in [0.25, 0.3) is 0 Å². The minimum Gasteiger partial charge on any atom is -0.491 e. The Hall–Kier alpha value is -2.27. The molecule has 0 radical (unpaired) electrons. The molecule has 0 saturated heterocycles. The number of nitrogens with one attached hydrogen (secondary N) is 2. The Kier molecular flexibility index (Phi) is 4.10. The molecule has 0 spiro atoms. The fraction of sp³-hybridized carbons (Fsp3) is 0.143. The highest BCUT2D eigenvalue weighted by Gasteiger charge is 2.11. The van der Waals surface area contributed by atoms with Gasteiger partial charge in [-0.3, -0.25) is 9.59 Å².